The maximum atomic E-state index is 5.23. The first-order chi connectivity index (χ1) is 4.20. The van der Waals surface area contributed by atoms with Gasteiger partial charge in [-0.1, -0.05) is 13.8 Å². The van der Waals surface area contributed by atoms with Crippen molar-refractivity contribution in [1.29, 1.82) is 0 Å². The molecule has 0 heterocycles. The van der Waals surface area contributed by atoms with Gasteiger partial charge in [-0.3, -0.25) is 5.84 Å². The Kier molecular flexibility index (Phi) is 3.88. The van der Waals surface area contributed by atoms with Gasteiger partial charge in [0.2, 0.25) is 0 Å². The molecule has 0 aromatic rings. The first-order valence-electron chi connectivity index (χ1n) is 3.08. The smallest absolute Gasteiger partial charge is 0.0416 e. The van der Waals surface area contributed by atoms with E-state index in [0.717, 1.165) is 12.1 Å². The zero-order chi connectivity index (χ0) is 7.28. The molecule has 0 aliphatic carbocycles. The van der Waals surface area contributed by atoms with E-state index in [1.807, 2.05) is 0 Å². The van der Waals surface area contributed by atoms with E-state index in [2.05, 4.69) is 19.3 Å². The summed E-state index contributed by atoms with van der Waals surface area (Å²) in [5.41, 5.74) is 8.64. The molecule has 0 fully saturated rings. The molecule has 0 aromatic heterocycles. The summed E-state index contributed by atoms with van der Waals surface area (Å²) in [6, 6.07) is 0. The Hall–Kier alpha value is -0.700. The molecule has 0 atom stereocenters. The summed E-state index contributed by atoms with van der Waals surface area (Å²) in [5.74, 6) is 5.73. The largest absolute Gasteiger partial charge is 0.403 e. The zero-order valence-electron chi connectivity index (χ0n) is 6.02. The summed E-state index contributed by atoms with van der Waals surface area (Å²) in [5, 5.41) is 0. The molecule has 5 N–H and O–H groups in total. The molecule has 0 aromatic carbocycles. The lowest BCUT2D eigenvalue weighted by Gasteiger charge is -2.06. The third kappa shape index (κ3) is 3.85. The van der Waals surface area contributed by atoms with Gasteiger partial charge in [0.1, 0.15) is 0 Å². The van der Waals surface area contributed by atoms with E-state index in [4.69, 9.17) is 11.6 Å². The molecule has 0 saturated carbocycles. The van der Waals surface area contributed by atoms with Gasteiger partial charge in [0.15, 0.2) is 0 Å². The number of nitrogens with one attached hydrogen (secondary N) is 1. The van der Waals surface area contributed by atoms with Crippen LogP contribution in [0.3, 0.4) is 0 Å². The second-order valence-electron chi connectivity index (χ2n) is 2.43. The van der Waals surface area contributed by atoms with Crippen LogP contribution < -0.4 is 17.0 Å². The van der Waals surface area contributed by atoms with Crippen molar-refractivity contribution >= 4 is 0 Å². The first-order valence-corrected chi connectivity index (χ1v) is 3.08. The first kappa shape index (κ1) is 8.30. The minimum Gasteiger partial charge on any atom is -0.403 e. The van der Waals surface area contributed by atoms with E-state index in [1.54, 1.807) is 0 Å². The van der Waals surface area contributed by atoms with E-state index in [1.165, 1.54) is 6.20 Å². The molecule has 9 heavy (non-hydrogen) atoms. The van der Waals surface area contributed by atoms with Crippen LogP contribution in [0.1, 0.15) is 20.3 Å². The average Bonchev–Trinajstić information content (AvgIpc) is 1.82. The van der Waals surface area contributed by atoms with Crippen LogP contribution in [0.25, 0.3) is 0 Å². The summed E-state index contributed by atoms with van der Waals surface area (Å²) in [7, 11) is 0. The molecule has 3 nitrogen and oxygen atoms in total. The van der Waals surface area contributed by atoms with Crippen molar-refractivity contribution in [2.45, 2.75) is 20.3 Å². The van der Waals surface area contributed by atoms with Gasteiger partial charge >= 0.3 is 0 Å². The van der Waals surface area contributed by atoms with Crippen LogP contribution in [0, 0.1) is 5.92 Å². The lowest BCUT2D eigenvalue weighted by molar-refractivity contribution is 0.606. The minimum atomic E-state index is 0.593. The standard InChI is InChI=1S/C6H15N3/c1-5(2)3-6(4-7)9-8/h4-5,9H,3,7-8H2,1-2H3/b6-4-. The Bertz CT molecular complexity index is 96.5. The molecule has 0 unspecified atom stereocenters. The van der Waals surface area contributed by atoms with E-state index in [0.29, 0.717) is 5.92 Å². The van der Waals surface area contributed by atoms with Crippen LogP contribution in [0.2, 0.25) is 0 Å². The van der Waals surface area contributed by atoms with E-state index in [-0.39, 0.29) is 0 Å². The number of allylic oxidation sites excluding steroid dienone is 1. The molecule has 0 saturated heterocycles. The van der Waals surface area contributed by atoms with Gasteiger partial charge in [-0.25, -0.2) is 0 Å². The Morgan fingerprint density at radius 3 is 2.33 bits per heavy atom. The highest BCUT2D eigenvalue weighted by molar-refractivity contribution is 4.95. The number of nitrogens with two attached hydrogens (primary N) is 2. The van der Waals surface area contributed by atoms with Crippen molar-refractivity contribution in [3.05, 3.63) is 11.9 Å². The molecule has 0 bridgehead atoms. The van der Waals surface area contributed by atoms with Gasteiger partial charge < -0.3 is 11.2 Å². The highest BCUT2D eigenvalue weighted by atomic mass is 15.2. The summed E-state index contributed by atoms with van der Waals surface area (Å²) in [6.45, 7) is 4.22. The normalized spacial score (nSPS) is 12.2. The topological polar surface area (TPSA) is 64.1 Å². The van der Waals surface area contributed by atoms with Crippen LogP contribution >= 0.6 is 0 Å². The molecule has 0 radical (unpaired) electrons. The lowest BCUT2D eigenvalue weighted by atomic mass is 10.1. The Morgan fingerprint density at radius 2 is 2.22 bits per heavy atom. The predicted octanol–water partition coefficient (Wildman–Crippen LogP) is 0.296. The molecular weight excluding hydrogens is 114 g/mol. The maximum Gasteiger partial charge on any atom is 0.0416 e. The Balaban J connectivity index is 3.58. The van der Waals surface area contributed by atoms with E-state index >= 15 is 0 Å². The van der Waals surface area contributed by atoms with Crippen molar-refractivity contribution < 1.29 is 0 Å². The predicted molar refractivity (Wildman–Crippen MR) is 39.0 cm³/mol. The second-order valence-corrected chi connectivity index (χ2v) is 2.43. The highest BCUT2D eigenvalue weighted by Gasteiger charge is 1.96. The summed E-state index contributed by atoms with van der Waals surface area (Å²) in [6.07, 6.45) is 2.41. The third-order valence-corrected chi connectivity index (χ3v) is 1.01. The fraction of sp³-hybridized carbons (Fsp3) is 0.667. The van der Waals surface area contributed by atoms with E-state index < -0.39 is 0 Å². The van der Waals surface area contributed by atoms with Crippen molar-refractivity contribution in [3.8, 4) is 0 Å². The van der Waals surface area contributed by atoms with Gasteiger partial charge in [-0.2, -0.15) is 0 Å². The van der Waals surface area contributed by atoms with Gasteiger partial charge in [-0.05, 0) is 12.3 Å². The molecule has 0 rings (SSSR count). The quantitative estimate of drug-likeness (QED) is 0.379. The maximum absolute atomic E-state index is 5.23. The van der Waals surface area contributed by atoms with Crippen LogP contribution in [-0.2, 0) is 0 Å². The monoisotopic (exact) mass is 129 g/mol. The van der Waals surface area contributed by atoms with Gasteiger partial charge in [-0.15, -0.1) is 0 Å². The summed E-state index contributed by atoms with van der Waals surface area (Å²) < 4.78 is 0. The summed E-state index contributed by atoms with van der Waals surface area (Å²) in [4.78, 5) is 0. The molecule has 0 aliphatic heterocycles. The lowest BCUT2D eigenvalue weighted by Crippen LogP contribution is -2.23. The molecule has 54 valence electrons. The Morgan fingerprint density at radius 1 is 1.67 bits per heavy atom. The summed E-state index contributed by atoms with van der Waals surface area (Å²) >= 11 is 0. The van der Waals surface area contributed by atoms with Crippen molar-refractivity contribution in [1.82, 2.24) is 5.43 Å². The van der Waals surface area contributed by atoms with Crippen LogP contribution in [-0.4, -0.2) is 0 Å². The molecular formula is C6H15N3. The highest BCUT2D eigenvalue weighted by Crippen LogP contribution is 2.04. The van der Waals surface area contributed by atoms with Crippen molar-refractivity contribution in [2.75, 3.05) is 0 Å². The number of hydrogen-bond acceptors (Lipinski definition) is 3. The molecule has 0 amide bonds. The number of hydrogen-bond donors (Lipinski definition) is 3. The fourth-order valence-corrected chi connectivity index (χ4v) is 0.615. The zero-order valence-corrected chi connectivity index (χ0v) is 6.02. The third-order valence-electron chi connectivity index (χ3n) is 1.01. The van der Waals surface area contributed by atoms with Crippen LogP contribution in [0.4, 0.5) is 0 Å². The molecule has 0 aliphatic rings. The Labute approximate surface area is 56.1 Å². The van der Waals surface area contributed by atoms with Gasteiger partial charge in [0.05, 0.1) is 0 Å². The van der Waals surface area contributed by atoms with Gasteiger partial charge in [0.25, 0.3) is 0 Å². The van der Waals surface area contributed by atoms with Gasteiger partial charge in [0, 0.05) is 11.9 Å². The fourth-order valence-electron chi connectivity index (χ4n) is 0.615. The number of hydrazine groups is 1. The van der Waals surface area contributed by atoms with Crippen LogP contribution in [0.15, 0.2) is 11.9 Å². The molecule has 0 spiro atoms. The van der Waals surface area contributed by atoms with Crippen LogP contribution in [0.5, 0.6) is 0 Å². The average molecular weight is 129 g/mol. The second kappa shape index (κ2) is 4.21. The van der Waals surface area contributed by atoms with Crippen molar-refractivity contribution in [2.24, 2.45) is 17.5 Å². The molecule has 3 heteroatoms. The SMILES string of the molecule is CC(C)C/C(=C/N)NN. The van der Waals surface area contributed by atoms with Crippen molar-refractivity contribution in [3.63, 3.8) is 0 Å². The number of rotatable bonds is 3. The minimum absolute atomic E-state index is 0.593. The van der Waals surface area contributed by atoms with E-state index in [9.17, 15) is 0 Å².